The molecule has 2 N–H and O–H groups in total. The number of nitrogens with two attached hydrogens (primary N) is 1. The maximum Gasteiger partial charge on any atom is 0.219 e. The van der Waals surface area contributed by atoms with Gasteiger partial charge >= 0.3 is 0 Å². The number of ether oxygens (including phenoxy) is 1. The molecule has 1 aromatic carbocycles. The molecule has 106 valence electrons. The summed E-state index contributed by atoms with van der Waals surface area (Å²) in [6.07, 6.45) is 1.87. The van der Waals surface area contributed by atoms with Crippen LogP contribution in [0.25, 0.3) is 0 Å². The van der Waals surface area contributed by atoms with Crippen molar-refractivity contribution in [3.05, 3.63) is 53.0 Å². The molecule has 0 saturated carbocycles. The molecule has 2 aromatic rings. The van der Waals surface area contributed by atoms with Crippen molar-refractivity contribution in [1.29, 1.82) is 0 Å². The lowest BCUT2D eigenvalue weighted by Gasteiger charge is -2.11. The van der Waals surface area contributed by atoms with Gasteiger partial charge in [-0.2, -0.15) is 0 Å². The van der Waals surface area contributed by atoms with Crippen molar-refractivity contribution in [2.75, 3.05) is 0 Å². The number of nitrogens with zero attached hydrogens (tertiary/aromatic N) is 1. The summed E-state index contributed by atoms with van der Waals surface area (Å²) in [5.74, 6) is 0.619. The molecule has 0 fully saturated rings. The normalized spacial score (nSPS) is 10.6. The summed E-state index contributed by atoms with van der Waals surface area (Å²) in [6, 6.07) is 8.24. The Morgan fingerprint density at radius 3 is 2.75 bits per heavy atom. The Morgan fingerprint density at radius 1 is 1.25 bits per heavy atom. The van der Waals surface area contributed by atoms with E-state index in [1.54, 1.807) is 12.1 Å². The highest BCUT2D eigenvalue weighted by molar-refractivity contribution is 5.36. The number of aromatic nitrogens is 1. The summed E-state index contributed by atoms with van der Waals surface area (Å²) in [6.45, 7) is 4.39. The average Bonchev–Trinajstić information content (AvgIpc) is 2.43. The number of hydrogen-bond acceptors (Lipinski definition) is 3. The van der Waals surface area contributed by atoms with Gasteiger partial charge in [0.05, 0.1) is 0 Å². The molecule has 0 aliphatic rings. The molecule has 0 aliphatic carbocycles. The van der Waals surface area contributed by atoms with E-state index in [0.29, 0.717) is 18.2 Å². The molecule has 0 spiro atoms. The zero-order valence-electron chi connectivity index (χ0n) is 11.8. The van der Waals surface area contributed by atoms with Crippen LogP contribution in [-0.2, 0) is 13.0 Å². The Hall–Kier alpha value is -1.94. The Bertz CT molecular complexity index is 599. The van der Waals surface area contributed by atoms with Crippen molar-refractivity contribution < 1.29 is 9.13 Å². The first-order chi connectivity index (χ1) is 9.62. The molecule has 0 aliphatic heterocycles. The maximum absolute atomic E-state index is 13.3. The van der Waals surface area contributed by atoms with Crippen LogP contribution in [0.4, 0.5) is 4.39 Å². The van der Waals surface area contributed by atoms with E-state index in [-0.39, 0.29) is 5.82 Å². The molecule has 0 amide bonds. The van der Waals surface area contributed by atoms with Crippen LogP contribution >= 0.6 is 0 Å². The summed E-state index contributed by atoms with van der Waals surface area (Å²) in [7, 11) is 0. The average molecular weight is 274 g/mol. The van der Waals surface area contributed by atoms with Crippen LogP contribution in [0.5, 0.6) is 11.6 Å². The van der Waals surface area contributed by atoms with Gasteiger partial charge in [-0.05, 0) is 36.6 Å². The molecule has 0 unspecified atom stereocenters. The van der Waals surface area contributed by atoms with E-state index in [1.165, 1.54) is 12.1 Å². The lowest BCUT2D eigenvalue weighted by Crippen LogP contribution is -2.01. The SMILES string of the molecule is CCCc1cc(CN)cc(Oc2cc(F)ccc2C)n1. The van der Waals surface area contributed by atoms with Gasteiger partial charge in [-0.15, -0.1) is 0 Å². The van der Waals surface area contributed by atoms with Crippen LogP contribution in [0.1, 0.15) is 30.2 Å². The number of aryl methyl sites for hydroxylation is 2. The maximum atomic E-state index is 13.3. The van der Waals surface area contributed by atoms with E-state index in [2.05, 4.69) is 11.9 Å². The highest BCUT2D eigenvalue weighted by Gasteiger charge is 2.07. The largest absolute Gasteiger partial charge is 0.439 e. The second-order valence-electron chi connectivity index (χ2n) is 4.77. The van der Waals surface area contributed by atoms with Gasteiger partial charge in [0.2, 0.25) is 5.88 Å². The van der Waals surface area contributed by atoms with Gasteiger partial charge in [-0.1, -0.05) is 19.4 Å². The van der Waals surface area contributed by atoms with E-state index in [0.717, 1.165) is 29.7 Å². The van der Waals surface area contributed by atoms with E-state index < -0.39 is 0 Å². The molecular formula is C16H19FN2O. The molecule has 2 rings (SSSR count). The minimum Gasteiger partial charge on any atom is -0.439 e. The summed E-state index contributed by atoms with van der Waals surface area (Å²) in [4.78, 5) is 4.44. The van der Waals surface area contributed by atoms with Crippen LogP contribution in [0.2, 0.25) is 0 Å². The Morgan fingerprint density at radius 2 is 2.05 bits per heavy atom. The molecule has 0 saturated heterocycles. The molecule has 1 heterocycles. The fourth-order valence-corrected chi connectivity index (χ4v) is 1.97. The summed E-state index contributed by atoms with van der Waals surface area (Å²) in [5.41, 5.74) is 8.46. The minimum absolute atomic E-state index is 0.325. The zero-order chi connectivity index (χ0) is 14.5. The van der Waals surface area contributed by atoms with E-state index in [9.17, 15) is 4.39 Å². The third-order valence-corrected chi connectivity index (χ3v) is 3.02. The van der Waals surface area contributed by atoms with Gasteiger partial charge in [0.15, 0.2) is 0 Å². The van der Waals surface area contributed by atoms with Gasteiger partial charge in [-0.25, -0.2) is 9.37 Å². The zero-order valence-corrected chi connectivity index (χ0v) is 11.8. The van der Waals surface area contributed by atoms with Gasteiger partial charge in [-0.3, -0.25) is 0 Å². The molecule has 4 heteroatoms. The second kappa shape index (κ2) is 6.48. The Balaban J connectivity index is 2.32. The van der Waals surface area contributed by atoms with Crippen LogP contribution < -0.4 is 10.5 Å². The van der Waals surface area contributed by atoms with Crippen molar-refractivity contribution in [3.63, 3.8) is 0 Å². The highest BCUT2D eigenvalue weighted by Crippen LogP contribution is 2.25. The summed E-state index contributed by atoms with van der Waals surface area (Å²) < 4.78 is 19.0. The minimum atomic E-state index is -0.325. The summed E-state index contributed by atoms with van der Waals surface area (Å²) >= 11 is 0. The highest BCUT2D eigenvalue weighted by atomic mass is 19.1. The predicted octanol–water partition coefficient (Wildman–Crippen LogP) is 3.73. The van der Waals surface area contributed by atoms with E-state index in [1.807, 2.05) is 13.0 Å². The number of pyridine rings is 1. The number of halogens is 1. The number of hydrogen-bond donors (Lipinski definition) is 1. The molecule has 3 nitrogen and oxygen atoms in total. The van der Waals surface area contributed by atoms with E-state index >= 15 is 0 Å². The van der Waals surface area contributed by atoms with Gasteiger partial charge in [0.25, 0.3) is 0 Å². The molecule has 1 aromatic heterocycles. The van der Waals surface area contributed by atoms with Gasteiger partial charge in [0.1, 0.15) is 11.6 Å². The van der Waals surface area contributed by atoms with Crippen molar-refractivity contribution >= 4 is 0 Å². The van der Waals surface area contributed by atoms with Crippen molar-refractivity contribution in [2.24, 2.45) is 5.73 Å². The third kappa shape index (κ3) is 3.54. The Kier molecular flexibility index (Phi) is 4.69. The topological polar surface area (TPSA) is 48.1 Å². The van der Waals surface area contributed by atoms with Crippen LogP contribution in [0.15, 0.2) is 30.3 Å². The van der Waals surface area contributed by atoms with Crippen molar-refractivity contribution in [1.82, 2.24) is 4.98 Å². The molecule has 0 radical (unpaired) electrons. The Labute approximate surface area is 118 Å². The lowest BCUT2D eigenvalue weighted by molar-refractivity contribution is 0.451. The smallest absolute Gasteiger partial charge is 0.219 e. The lowest BCUT2D eigenvalue weighted by atomic mass is 10.1. The predicted molar refractivity (Wildman–Crippen MR) is 77.3 cm³/mol. The fourth-order valence-electron chi connectivity index (χ4n) is 1.97. The third-order valence-electron chi connectivity index (χ3n) is 3.02. The molecule has 0 atom stereocenters. The van der Waals surface area contributed by atoms with Crippen LogP contribution in [0, 0.1) is 12.7 Å². The first kappa shape index (κ1) is 14.5. The van der Waals surface area contributed by atoms with Gasteiger partial charge < -0.3 is 10.5 Å². The fraction of sp³-hybridized carbons (Fsp3) is 0.312. The quantitative estimate of drug-likeness (QED) is 0.903. The van der Waals surface area contributed by atoms with Crippen molar-refractivity contribution in [3.8, 4) is 11.6 Å². The molecule has 20 heavy (non-hydrogen) atoms. The summed E-state index contributed by atoms with van der Waals surface area (Å²) in [5, 5.41) is 0. The first-order valence-corrected chi connectivity index (χ1v) is 6.76. The second-order valence-corrected chi connectivity index (χ2v) is 4.77. The molecule has 0 bridgehead atoms. The standard InChI is InChI=1S/C16H19FN2O/c1-3-4-14-7-12(10-18)8-16(19-14)20-15-9-13(17)6-5-11(15)2/h5-9H,3-4,10,18H2,1-2H3. The van der Waals surface area contributed by atoms with Crippen LogP contribution in [0.3, 0.4) is 0 Å². The molecular weight excluding hydrogens is 255 g/mol. The first-order valence-electron chi connectivity index (χ1n) is 6.76. The van der Waals surface area contributed by atoms with Crippen LogP contribution in [-0.4, -0.2) is 4.98 Å². The number of rotatable bonds is 5. The van der Waals surface area contributed by atoms with Gasteiger partial charge in [0, 0.05) is 24.4 Å². The monoisotopic (exact) mass is 274 g/mol. The van der Waals surface area contributed by atoms with Crippen molar-refractivity contribution in [2.45, 2.75) is 33.2 Å². The van der Waals surface area contributed by atoms with E-state index in [4.69, 9.17) is 10.5 Å². The number of benzene rings is 1.